The highest BCUT2D eigenvalue weighted by Crippen LogP contribution is 2.31. The van der Waals surface area contributed by atoms with Gasteiger partial charge in [-0.1, -0.05) is 12.1 Å². The summed E-state index contributed by atoms with van der Waals surface area (Å²) in [7, 11) is 1.31. The number of benzene rings is 2. The van der Waals surface area contributed by atoms with E-state index in [0.717, 1.165) is 30.3 Å². The van der Waals surface area contributed by atoms with Crippen LogP contribution < -0.4 is 10.1 Å². The molecule has 0 unspecified atom stereocenters. The van der Waals surface area contributed by atoms with Gasteiger partial charge in [-0.25, -0.2) is 0 Å². The van der Waals surface area contributed by atoms with Crippen molar-refractivity contribution in [2.45, 2.75) is 6.18 Å². The molecule has 2 aromatic rings. The van der Waals surface area contributed by atoms with Gasteiger partial charge < -0.3 is 10.1 Å². The number of ether oxygens (including phenoxy) is 1. The fourth-order valence-electron chi connectivity index (χ4n) is 2.20. The SMILES string of the molecule is COc1ccc(NC(=O)/C(C#N)=C/c2cccc(C(F)(F)F)c2)c([N+](=O)[O-])c1. The van der Waals surface area contributed by atoms with Crippen LogP contribution in [-0.2, 0) is 11.0 Å². The Morgan fingerprint density at radius 1 is 1.29 bits per heavy atom. The summed E-state index contributed by atoms with van der Waals surface area (Å²) in [6.45, 7) is 0. The minimum Gasteiger partial charge on any atom is -0.496 e. The number of nitro benzene ring substituents is 1. The van der Waals surface area contributed by atoms with Crippen LogP contribution in [0.5, 0.6) is 5.75 Å². The molecule has 0 saturated carbocycles. The van der Waals surface area contributed by atoms with Gasteiger partial charge in [0.25, 0.3) is 11.6 Å². The zero-order valence-corrected chi connectivity index (χ0v) is 14.3. The van der Waals surface area contributed by atoms with Gasteiger partial charge in [-0.15, -0.1) is 0 Å². The van der Waals surface area contributed by atoms with Crippen molar-refractivity contribution < 1.29 is 27.6 Å². The fraction of sp³-hybridized carbons (Fsp3) is 0.111. The molecule has 0 saturated heterocycles. The molecule has 2 aromatic carbocycles. The number of hydrogen-bond donors (Lipinski definition) is 1. The van der Waals surface area contributed by atoms with E-state index < -0.39 is 33.8 Å². The minimum absolute atomic E-state index is 0.0224. The smallest absolute Gasteiger partial charge is 0.416 e. The summed E-state index contributed by atoms with van der Waals surface area (Å²) in [6, 6.07) is 9.29. The average Bonchev–Trinajstić information content (AvgIpc) is 2.65. The molecular weight excluding hydrogens is 379 g/mol. The van der Waals surface area contributed by atoms with E-state index in [4.69, 9.17) is 4.74 Å². The molecule has 144 valence electrons. The molecular formula is C18H12F3N3O4. The Balaban J connectivity index is 2.34. The summed E-state index contributed by atoms with van der Waals surface area (Å²) >= 11 is 0. The Labute approximate surface area is 156 Å². The number of alkyl halides is 3. The van der Waals surface area contributed by atoms with E-state index in [1.165, 1.54) is 25.3 Å². The lowest BCUT2D eigenvalue weighted by atomic mass is 10.1. The number of nitro groups is 1. The summed E-state index contributed by atoms with van der Waals surface area (Å²) in [4.78, 5) is 22.7. The lowest BCUT2D eigenvalue weighted by Crippen LogP contribution is -2.14. The molecule has 10 heteroatoms. The van der Waals surface area contributed by atoms with E-state index >= 15 is 0 Å². The summed E-state index contributed by atoms with van der Waals surface area (Å²) in [5.41, 5.74) is -2.15. The fourth-order valence-corrected chi connectivity index (χ4v) is 2.20. The highest BCUT2D eigenvalue weighted by molar-refractivity contribution is 6.10. The van der Waals surface area contributed by atoms with Gasteiger partial charge in [0.05, 0.1) is 23.7 Å². The van der Waals surface area contributed by atoms with Crippen LogP contribution in [-0.4, -0.2) is 17.9 Å². The summed E-state index contributed by atoms with van der Waals surface area (Å²) in [5, 5.41) is 22.5. The standard InChI is InChI=1S/C18H12F3N3O4/c1-28-14-5-6-15(16(9-14)24(26)27)23-17(25)12(10-22)7-11-3-2-4-13(8-11)18(19,20)21/h2-9H,1H3,(H,23,25)/b12-7+. The Kier molecular flexibility index (Phi) is 6.00. The first-order valence-electron chi connectivity index (χ1n) is 7.58. The van der Waals surface area contributed by atoms with Crippen molar-refractivity contribution in [3.8, 4) is 11.8 Å². The van der Waals surface area contributed by atoms with Crippen LogP contribution in [0.15, 0.2) is 48.0 Å². The first-order valence-corrected chi connectivity index (χ1v) is 7.58. The number of carbonyl (C=O) groups excluding carboxylic acids is 1. The maximum absolute atomic E-state index is 12.8. The molecule has 0 aliphatic heterocycles. The molecule has 0 radical (unpaired) electrons. The van der Waals surface area contributed by atoms with Crippen molar-refractivity contribution in [1.29, 1.82) is 5.26 Å². The van der Waals surface area contributed by atoms with E-state index in [1.54, 1.807) is 6.07 Å². The molecule has 0 aromatic heterocycles. The van der Waals surface area contributed by atoms with E-state index in [0.29, 0.717) is 0 Å². The minimum atomic E-state index is -4.58. The van der Waals surface area contributed by atoms with Gasteiger partial charge in [0.2, 0.25) is 0 Å². The normalized spacial score (nSPS) is 11.5. The number of nitrogens with zero attached hydrogens (tertiary/aromatic N) is 2. The third-order valence-corrected chi connectivity index (χ3v) is 3.54. The highest BCUT2D eigenvalue weighted by atomic mass is 19.4. The van der Waals surface area contributed by atoms with Crippen LogP contribution in [0.4, 0.5) is 24.5 Å². The number of amides is 1. The molecule has 2 rings (SSSR count). The number of carbonyl (C=O) groups is 1. The van der Waals surface area contributed by atoms with Crippen LogP contribution in [0, 0.1) is 21.4 Å². The zero-order valence-electron chi connectivity index (χ0n) is 14.3. The second-order valence-electron chi connectivity index (χ2n) is 5.39. The quantitative estimate of drug-likeness (QED) is 0.356. The van der Waals surface area contributed by atoms with Gasteiger partial charge in [0.15, 0.2) is 0 Å². The molecule has 0 atom stereocenters. The molecule has 1 N–H and O–H groups in total. The zero-order chi connectivity index (χ0) is 20.9. The molecule has 0 aliphatic rings. The predicted molar refractivity (Wildman–Crippen MR) is 93.3 cm³/mol. The van der Waals surface area contributed by atoms with Crippen molar-refractivity contribution in [3.05, 3.63) is 69.3 Å². The van der Waals surface area contributed by atoms with Gasteiger partial charge in [-0.3, -0.25) is 14.9 Å². The largest absolute Gasteiger partial charge is 0.496 e. The number of methoxy groups -OCH3 is 1. The molecule has 0 heterocycles. The Hall–Kier alpha value is -3.87. The lowest BCUT2D eigenvalue weighted by Gasteiger charge is -2.08. The number of halogens is 3. The molecule has 0 fully saturated rings. The first-order chi connectivity index (χ1) is 13.2. The number of nitriles is 1. The summed E-state index contributed by atoms with van der Waals surface area (Å²) < 4.78 is 43.2. The number of nitrogens with one attached hydrogen (secondary N) is 1. The second-order valence-corrected chi connectivity index (χ2v) is 5.39. The number of hydrogen-bond acceptors (Lipinski definition) is 5. The Morgan fingerprint density at radius 2 is 2.00 bits per heavy atom. The summed E-state index contributed by atoms with van der Waals surface area (Å²) in [5.74, 6) is -0.821. The Morgan fingerprint density at radius 3 is 2.57 bits per heavy atom. The van der Waals surface area contributed by atoms with Gasteiger partial charge in [-0.2, -0.15) is 18.4 Å². The molecule has 1 amide bonds. The van der Waals surface area contributed by atoms with Crippen LogP contribution >= 0.6 is 0 Å². The van der Waals surface area contributed by atoms with E-state index in [-0.39, 0.29) is 17.0 Å². The third kappa shape index (κ3) is 4.85. The monoisotopic (exact) mass is 391 g/mol. The van der Waals surface area contributed by atoms with Crippen LogP contribution in [0.1, 0.15) is 11.1 Å². The van der Waals surface area contributed by atoms with Gasteiger partial charge in [0.1, 0.15) is 23.1 Å². The summed E-state index contributed by atoms with van der Waals surface area (Å²) in [6.07, 6.45) is -3.62. The average molecular weight is 391 g/mol. The number of rotatable bonds is 5. The second kappa shape index (κ2) is 8.22. The van der Waals surface area contributed by atoms with Crippen molar-refractivity contribution in [1.82, 2.24) is 0 Å². The van der Waals surface area contributed by atoms with Crippen molar-refractivity contribution in [2.75, 3.05) is 12.4 Å². The van der Waals surface area contributed by atoms with E-state index in [2.05, 4.69) is 5.32 Å². The maximum Gasteiger partial charge on any atom is 0.416 e. The molecule has 0 bridgehead atoms. The molecule has 0 spiro atoms. The van der Waals surface area contributed by atoms with E-state index in [9.17, 15) is 33.3 Å². The van der Waals surface area contributed by atoms with Gasteiger partial charge in [0, 0.05) is 0 Å². The predicted octanol–water partition coefficient (Wildman–Crippen LogP) is 4.17. The topological polar surface area (TPSA) is 105 Å². The van der Waals surface area contributed by atoms with Crippen molar-refractivity contribution >= 4 is 23.4 Å². The van der Waals surface area contributed by atoms with Gasteiger partial charge in [-0.05, 0) is 35.9 Å². The molecule has 0 aliphatic carbocycles. The number of anilines is 1. The highest BCUT2D eigenvalue weighted by Gasteiger charge is 2.30. The van der Waals surface area contributed by atoms with Gasteiger partial charge >= 0.3 is 6.18 Å². The third-order valence-electron chi connectivity index (χ3n) is 3.54. The Bertz CT molecular complexity index is 994. The molecule has 28 heavy (non-hydrogen) atoms. The van der Waals surface area contributed by atoms with Crippen LogP contribution in [0.2, 0.25) is 0 Å². The molecule has 7 nitrogen and oxygen atoms in total. The maximum atomic E-state index is 12.8. The van der Waals surface area contributed by atoms with Crippen LogP contribution in [0.25, 0.3) is 6.08 Å². The first kappa shape index (κ1) is 20.4. The van der Waals surface area contributed by atoms with E-state index in [1.807, 2.05) is 0 Å². The van der Waals surface area contributed by atoms with Crippen molar-refractivity contribution in [2.24, 2.45) is 0 Å². The van der Waals surface area contributed by atoms with Crippen molar-refractivity contribution in [3.63, 3.8) is 0 Å². The van der Waals surface area contributed by atoms with Crippen LogP contribution in [0.3, 0.4) is 0 Å². The lowest BCUT2D eigenvalue weighted by molar-refractivity contribution is -0.384.